The van der Waals surface area contributed by atoms with E-state index in [9.17, 15) is 19.2 Å². The second kappa shape index (κ2) is 5.77. The van der Waals surface area contributed by atoms with E-state index in [1.54, 1.807) is 61.5 Å². The van der Waals surface area contributed by atoms with Gasteiger partial charge >= 0.3 is 0 Å². The number of carbonyl (C=O) groups is 4. The molecule has 0 spiro atoms. The van der Waals surface area contributed by atoms with E-state index in [0.29, 0.717) is 0 Å². The third-order valence-electron chi connectivity index (χ3n) is 4.54. The lowest BCUT2D eigenvalue weighted by Crippen LogP contribution is -2.52. The van der Waals surface area contributed by atoms with Crippen molar-refractivity contribution in [1.82, 2.24) is 9.80 Å². The summed E-state index contributed by atoms with van der Waals surface area (Å²) < 4.78 is 0. The summed E-state index contributed by atoms with van der Waals surface area (Å²) in [5, 5.41) is 0. The summed E-state index contributed by atoms with van der Waals surface area (Å²) in [5.74, 6) is -2.09. The van der Waals surface area contributed by atoms with Crippen LogP contribution in [0.5, 0.6) is 0 Å². The highest BCUT2D eigenvalue weighted by atomic mass is 16.2. The summed E-state index contributed by atoms with van der Waals surface area (Å²) in [6, 6.07) is 12.9. The van der Waals surface area contributed by atoms with E-state index in [0.717, 1.165) is 9.80 Å². The van der Waals surface area contributed by atoms with Crippen LogP contribution in [0.1, 0.15) is 48.4 Å². The van der Waals surface area contributed by atoms with Gasteiger partial charge in [-0.25, -0.2) is 9.80 Å². The maximum Gasteiger partial charge on any atom is 0.263 e. The van der Waals surface area contributed by atoms with E-state index in [-0.39, 0.29) is 22.3 Å². The molecule has 0 saturated carbocycles. The van der Waals surface area contributed by atoms with Gasteiger partial charge in [-0.05, 0) is 37.3 Å². The Balaban J connectivity index is 1.80. The maximum absolute atomic E-state index is 12.8. The van der Waals surface area contributed by atoms with E-state index in [2.05, 4.69) is 0 Å². The molecule has 0 saturated heterocycles. The molecule has 2 heterocycles. The molecule has 6 nitrogen and oxygen atoms in total. The van der Waals surface area contributed by atoms with Gasteiger partial charge in [0.2, 0.25) is 0 Å². The molecule has 0 aromatic heterocycles. The third kappa shape index (κ3) is 2.05. The second-order valence-corrected chi connectivity index (χ2v) is 5.99. The lowest BCUT2D eigenvalue weighted by atomic mass is 10.1. The molecule has 0 unspecified atom stereocenters. The zero-order valence-electron chi connectivity index (χ0n) is 13.9. The van der Waals surface area contributed by atoms with Gasteiger partial charge in [0.1, 0.15) is 6.17 Å². The summed E-state index contributed by atoms with van der Waals surface area (Å²) in [5.41, 5.74) is 1.07. The Bertz CT molecular complexity index is 863. The van der Waals surface area contributed by atoms with Crippen molar-refractivity contribution in [2.75, 3.05) is 0 Å². The molecule has 0 radical (unpaired) electrons. The Morgan fingerprint density at radius 3 is 1.23 bits per heavy atom. The minimum atomic E-state index is -1.11. The number of hydrogen-bond donors (Lipinski definition) is 0. The molecule has 4 rings (SSSR count). The number of amides is 4. The predicted molar refractivity (Wildman–Crippen MR) is 92.5 cm³/mol. The van der Waals surface area contributed by atoms with Crippen LogP contribution in [0.15, 0.2) is 60.7 Å². The average Bonchev–Trinajstić information content (AvgIpc) is 3.06. The molecule has 26 heavy (non-hydrogen) atoms. The number of imide groups is 2. The Morgan fingerprint density at radius 1 is 0.654 bits per heavy atom. The Kier molecular flexibility index (Phi) is 3.54. The highest BCUT2D eigenvalue weighted by molar-refractivity contribution is 6.24. The van der Waals surface area contributed by atoms with Gasteiger partial charge in [0.05, 0.1) is 22.3 Å². The first-order valence-electron chi connectivity index (χ1n) is 8.13. The molecular weight excluding hydrogens is 332 g/mol. The minimum Gasteiger partial charge on any atom is -0.268 e. The molecule has 0 N–H and O–H groups in total. The first-order chi connectivity index (χ1) is 12.6. The number of carbonyl (C=O) groups excluding carboxylic acids is 4. The first-order valence-corrected chi connectivity index (χ1v) is 8.13. The fourth-order valence-electron chi connectivity index (χ4n) is 3.36. The third-order valence-corrected chi connectivity index (χ3v) is 4.54. The van der Waals surface area contributed by atoms with Gasteiger partial charge in [0.25, 0.3) is 23.6 Å². The van der Waals surface area contributed by atoms with Crippen LogP contribution < -0.4 is 0 Å². The van der Waals surface area contributed by atoms with E-state index >= 15 is 0 Å². The Morgan fingerprint density at radius 2 is 0.962 bits per heavy atom. The molecule has 0 aliphatic carbocycles. The summed E-state index contributed by atoms with van der Waals surface area (Å²) in [6.07, 6.45) is 2.00. The fourth-order valence-corrected chi connectivity index (χ4v) is 3.36. The van der Waals surface area contributed by atoms with Crippen LogP contribution >= 0.6 is 0 Å². The highest BCUT2D eigenvalue weighted by Gasteiger charge is 2.47. The van der Waals surface area contributed by atoms with Gasteiger partial charge in [0.15, 0.2) is 0 Å². The predicted octanol–water partition coefficient (Wildman–Crippen LogP) is 2.48. The number of fused-ring (bicyclic) bond motifs is 2. The van der Waals surface area contributed by atoms with E-state index < -0.39 is 29.8 Å². The lowest BCUT2D eigenvalue weighted by Gasteiger charge is -2.30. The lowest BCUT2D eigenvalue weighted by molar-refractivity contribution is 0.0368. The first kappa shape index (κ1) is 16.0. The molecule has 128 valence electrons. The second-order valence-electron chi connectivity index (χ2n) is 5.99. The number of benzene rings is 2. The molecular formula is C20H14N2O4. The highest BCUT2D eigenvalue weighted by Crippen LogP contribution is 2.31. The average molecular weight is 346 g/mol. The standard InChI is InChI=1S/C20H14N2O4/c1-2-7-16(21-17(23)12-8-3-4-9-13(12)18(21)24)22-19(25)14-10-5-6-11-15(14)20(22)26/h2-11,16H,1H3/b7-2+. The molecule has 0 atom stereocenters. The molecule has 6 heteroatoms. The fraction of sp³-hybridized carbons (Fsp3) is 0.100. The van der Waals surface area contributed by atoms with Gasteiger partial charge < -0.3 is 0 Å². The summed E-state index contributed by atoms with van der Waals surface area (Å²) in [7, 11) is 0. The number of nitrogens with zero attached hydrogens (tertiary/aromatic N) is 2. The smallest absolute Gasteiger partial charge is 0.263 e. The van der Waals surface area contributed by atoms with Crippen molar-refractivity contribution < 1.29 is 19.2 Å². The molecule has 2 aromatic rings. The largest absolute Gasteiger partial charge is 0.268 e. The van der Waals surface area contributed by atoms with Gasteiger partial charge in [-0.1, -0.05) is 30.3 Å². The Labute approximate surface area is 149 Å². The van der Waals surface area contributed by atoms with E-state index in [1.165, 1.54) is 6.08 Å². The number of allylic oxidation sites excluding steroid dienone is 1. The van der Waals surface area contributed by atoms with Crippen molar-refractivity contribution in [1.29, 1.82) is 0 Å². The summed E-state index contributed by atoms with van der Waals surface area (Å²) in [4.78, 5) is 53.1. The molecule has 2 aromatic carbocycles. The van der Waals surface area contributed by atoms with Crippen molar-refractivity contribution in [2.45, 2.75) is 13.1 Å². The quantitative estimate of drug-likeness (QED) is 0.632. The minimum absolute atomic E-state index is 0.267. The van der Waals surface area contributed by atoms with E-state index in [4.69, 9.17) is 0 Å². The molecule has 2 aliphatic heterocycles. The number of rotatable bonds is 3. The normalized spacial score (nSPS) is 16.2. The van der Waals surface area contributed by atoms with Crippen LogP contribution in [-0.4, -0.2) is 39.6 Å². The Hall–Kier alpha value is -3.54. The SMILES string of the molecule is C/C=C/C(N1C(=O)c2ccccc2C1=O)N1C(=O)c2ccccc2C1=O. The molecule has 4 amide bonds. The van der Waals surface area contributed by atoms with Crippen molar-refractivity contribution in [2.24, 2.45) is 0 Å². The van der Waals surface area contributed by atoms with Gasteiger partial charge in [0, 0.05) is 0 Å². The van der Waals surface area contributed by atoms with Crippen LogP contribution in [0.25, 0.3) is 0 Å². The van der Waals surface area contributed by atoms with E-state index in [1.807, 2.05) is 0 Å². The zero-order valence-corrected chi connectivity index (χ0v) is 13.9. The van der Waals surface area contributed by atoms with Crippen LogP contribution in [0.4, 0.5) is 0 Å². The van der Waals surface area contributed by atoms with Crippen molar-refractivity contribution >= 4 is 23.6 Å². The monoisotopic (exact) mass is 346 g/mol. The van der Waals surface area contributed by atoms with Crippen molar-refractivity contribution in [3.63, 3.8) is 0 Å². The van der Waals surface area contributed by atoms with Crippen LogP contribution in [0, 0.1) is 0 Å². The maximum atomic E-state index is 12.8. The zero-order chi connectivity index (χ0) is 18.4. The topological polar surface area (TPSA) is 74.8 Å². The van der Waals surface area contributed by atoms with Crippen LogP contribution in [-0.2, 0) is 0 Å². The van der Waals surface area contributed by atoms with Crippen molar-refractivity contribution in [3.05, 3.63) is 82.9 Å². The number of hydrogen-bond acceptors (Lipinski definition) is 4. The van der Waals surface area contributed by atoms with Gasteiger partial charge in [-0.3, -0.25) is 19.2 Å². The summed E-state index contributed by atoms with van der Waals surface area (Å²) >= 11 is 0. The van der Waals surface area contributed by atoms with Crippen LogP contribution in [0.3, 0.4) is 0 Å². The van der Waals surface area contributed by atoms with Crippen LogP contribution in [0.2, 0.25) is 0 Å². The molecule has 0 bridgehead atoms. The van der Waals surface area contributed by atoms with Crippen molar-refractivity contribution in [3.8, 4) is 0 Å². The van der Waals surface area contributed by atoms with Gasteiger partial charge in [-0.15, -0.1) is 0 Å². The van der Waals surface area contributed by atoms with Gasteiger partial charge in [-0.2, -0.15) is 0 Å². The molecule has 2 aliphatic rings. The summed E-state index contributed by atoms with van der Waals surface area (Å²) in [6.45, 7) is 1.70. The molecule has 0 fully saturated rings.